The van der Waals surface area contributed by atoms with Gasteiger partial charge in [0.25, 0.3) is 0 Å². The van der Waals surface area contributed by atoms with Gasteiger partial charge in [0.2, 0.25) is 0 Å². The van der Waals surface area contributed by atoms with Crippen molar-refractivity contribution < 1.29 is 0 Å². The van der Waals surface area contributed by atoms with Gasteiger partial charge in [0, 0.05) is 37.4 Å². The summed E-state index contributed by atoms with van der Waals surface area (Å²) in [5.41, 5.74) is 1.16. The fourth-order valence-corrected chi connectivity index (χ4v) is 1.84. The third-order valence-corrected chi connectivity index (χ3v) is 2.88. The fourth-order valence-electron chi connectivity index (χ4n) is 1.84. The first-order chi connectivity index (χ1) is 8.09. The van der Waals surface area contributed by atoms with Crippen LogP contribution in [0.15, 0.2) is 24.4 Å². The van der Waals surface area contributed by atoms with Crippen molar-refractivity contribution in [3.05, 3.63) is 30.1 Å². The van der Waals surface area contributed by atoms with Gasteiger partial charge in [0.15, 0.2) is 0 Å². The summed E-state index contributed by atoms with van der Waals surface area (Å²) in [5.74, 6) is 0.654. The first-order valence-electron chi connectivity index (χ1n) is 6.37. The zero-order valence-corrected chi connectivity index (χ0v) is 11.5. The summed E-state index contributed by atoms with van der Waals surface area (Å²) in [7, 11) is 4.24. The van der Waals surface area contributed by atoms with Gasteiger partial charge in [-0.2, -0.15) is 0 Å². The van der Waals surface area contributed by atoms with Gasteiger partial charge < -0.3 is 10.2 Å². The number of rotatable bonds is 7. The van der Waals surface area contributed by atoms with E-state index in [4.69, 9.17) is 0 Å². The van der Waals surface area contributed by atoms with E-state index >= 15 is 0 Å². The van der Waals surface area contributed by atoms with E-state index in [1.807, 2.05) is 18.3 Å². The second-order valence-electron chi connectivity index (χ2n) is 5.14. The lowest BCUT2D eigenvalue weighted by atomic mass is 10.0. The molecular weight excluding hydrogens is 210 g/mol. The summed E-state index contributed by atoms with van der Waals surface area (Å²) < 4.78 is 0. The van der Waals surface area contributed by atoms with Crippen molar-refractivity contribution in [2.75, 3.05) is 27.2 Å². The molecule has 3 heteroatoms. The SMILES string of the molecule is CC(C)C(CN(C)C)NCCc1ccccn1. The number of nitrogens with one attached hydrogen (secondary N) is 1. The number of nitrogens with zero attached hydrogens (tertiary/aromatic N) is 2. The molecule has 0 aliphatic rings. The quantitative estimate of drug-likeness (QED) is 0.781. The van der Waals surface area contributed by atoms with Gasteiger partial charge in [-0.25, -0.2) is 0 Å². The minimum Gasteiger partial charge on any atom is -0.312 e. The lowest BCUT2D eigenvalue weighted by Crippen LogP contribution is -2.42. The van der Waals surface area contributed by atoms with Crippen molar-refractivity contribution in [3.8, 4) is 0 Å². The molecule has 0 amide bonds. The Kier molecular flexibility index (Phi) is 6.16. The zero-order chi connectivity index (χ0) is 12.7. The van der Waals surface area contributed by atoms with Crippen LogP contribution in [0.3, 0.4) is 0 Å². The van der Waals surface area contributed by atoms with E-state index < -0.39 is 0 Å². The molecule has 0 aromatic carbocycles. The molecule has 0 aliphatic carbocycles. The molecule has 1 N–H and O–H groups in total. The lowest BCUT2D eigenvalue weighted by molar-refractivity contribution is 0.290. The number of pyridine rings is 1. The van der Waals surface area contributed by atoms with E-state index in [1.165, 1.54) is 0 Å². The molecule has 0 saturated carbocycles. The van der Waals surface area contributed by atoms with E-state index in [0.717, 1.165) is 25.2 Å². The van der Waals surface area contributed by atoms with Crippen LogP contribution in [0.2, 0.25) is 0 Å². The molecule has 1 unspecified atom stereocenters. The molecule has 1 atom stereocenters. The first-order valence-corrected chi connectivity index (χ1v) is 6.37. The van der Waals surface area contributed by atoms with Gasteiger partial charge in [-0.05, 0) is 32.1 Å². The normalized spacial score (nSPS) is 13.3. The summed E-state index contributed by atoms with van der Waals surface area (Å²) in [6.45, 7) is 6.61. The van der Waals surface area contributed by atoms with E-state index in [0.29, 0.717) is 12.0 Å². The third kappa shape index (κ3) is 5.80. The highest BCUT2D eigenvalue weighted by Crippen LogP contribution is 2.03. The number of hydrogen-bond acceptors (Lipinski definition) is 3. The predicted octanol–water partition coefficient (Wildman–Crippen LogP) is 1.80. The lowest BCUT2D eigenvalue weighted by Gasteiger charge is -2.25. The molecule has 17 heavy (non-hydrogen) atoms. The van der Waals surface area contributed by atoms with Crippen molar-refractivity contribution in [2.45, 2.75) is 26.3 Å². The summed E-state index contributed by atoms with van der Waals surface area (Å²) in [6.07, 6.45) is 2.85. The maximum absolute atomic E-state index is 4.33. The second-order valence-corrected chi connectivity index (χ2v) is 5.14. The van der Waals surface area contributed by atoms with Crippen LogP contribution in [0, 0.1) is 5.92 Å². The van der Waals surface area contributed by atoms with Crippen LogP contribution in [0.4, 0.5) is 0 Å². The highest BCUT2D eigenvalue weighted by atomic mass is 15.1. The summed E-state index contributed by atoms with van der Waals surface area (Å²) in [4.78, 5) is 6.57. The topological polar surface area (TPSA) is 28.2 Å². The largest absolute Gasteiger partial charge is 0.312 e. The average molecular weight is 235 g/mol. The van der Waals surface area contributed by atoms with Gasteiger partial charge in [-0.15, -0.1) is 0 Å². The van der Waals surface area contributed by atoms with Crippen LogP contribution in [0.25, 0.3) is 0 Å². The molecule has 0 bridgehead atoms. The zero-order valence-electron chi connectivity index (χ0n) is 11.5. The van der Waals surface area contributed by atoms with Gasteiger partial charge in [0.1, 0.15) is 0 Å². The van der Waals surface area contributed by atoms with E-state index in [1.54, 1.807) is 0 Å². The van der Waals surface area contributed by atoms with Crippen LogP contribution < -0.4 is 5.32 Å². The van der Waals surface area contributed by atoms with Crippen molar-refractivity contribution in [3.63, 3.8) is 0 Å². The van der Waals surface area contributed by atoms with Gasteiger partial charge >= 0.3 is 0 Å². The Morgan fingerprint density at radius 2 is 2.06 bits per heavy atom. The summed E-state index contributed by atoms with van der Waals surface area (Å²) >= 11 is 0. The molecule has 0 radical (unpaired) electrons. The Morgan fingerprint density at radius 1 is 1.29 bits per heavy atom. The molecule has 0 spiro atoms. The minimum atomic E-state index is 0.550. The number of hydrogen-bond donors (Lipinski definition) is 1. The van der Waals surface area contributed by atoms with Crippen LogP contribution in [-0.2, 0) is 6.42 Å². The van der Waals surface area contributed by atoms with E-state index in [9.17, 15) is 0 Å². The fraction of sp³-hybridized carbons (Fsp3) is 0.643. The Morgan fingerprint density at radius 3 is 2.59 bits per heavy atom. The second kappa shape index (κ2) is 7.41. The van der Waals surface area contributed by atoms with Crippen LogP contribution in [-0.4, -0.2) is 43.1 Å². The van der Waals surface area contributed by atoms with Crippen molar-refractivity contribution in [1.82, 2.24) is 15.2 Å². The standard InChI is InChI=1S/C14H25N3/c1-12(2)14(11-17(3)4)16-10-8-13-7-5-6-9-15-13/h5-7,9,12,14,16H,8,10-11H2,1-4H3. The summed E-state index contributed by atoms with van der Waals surface area (Å²) in [5, 5.41) is 3.62. The Bertz CT molecular complexity index is 296. The molecule has 0 aliphatic heterocycles. The average Bonchev–Trinajstić information content (AvgIpc) is 2.28. The maximum atomic E-state index is 4.33. The third-order valence-electron chi connectivity index (χ3n) is 2.88. The first kappa shape index (κ1) is 14.1. The van der Waals surface area contributed by atoms with Crippen LogP contribution >= 0.6 is 0 Å². The molecule has 1 aromatic heterocycles. The van der Waals surface area contributed by atoms with Crippen molar-refractivity contribution in [2.24, 2.45) is 5.92 Å². The minimum absolute atomic E-state index is 0.550. The van der Waals surface area contributed by atoms with Crippen molar-refractivity contribution in [1.29, 1.82) is 0 Å². The molecule has 1 heterocycles. The monoisotopic (exact) mass is 235 g/mol. The Hall–Kier alpha value is -0.930. The maximum Gasteiger partial charge on any atom is 0.0416 e. The van der Waals surface area contributed by atoms with E-state index in [-0.39, 0.29) is 0 Å². The highest BCUT2D eigenvalue weighted by molar-refractivity contribution is 5.03. The molecule has 96 valence electrons. The molecule has 1 rings (SSSR count). The summed E-state index contributed by atoms with van der Waals surface area (Å²) in [6, 6.07) is 6.63. The molecule has 0 fully saturated rings. The van der Waals surface area contributed by atoms with Crippen molar-refractivity contribution >= 4 is 0 Å². The molecule has 1 aromatic rings. The number of likely N-dealkylation sites (N-methyl/N-ethyl adjacent to an activating group) is 1. The van der Waals surface area contributed by atoms with E-state index in [2.05, 4.69) is 49.2 Å². The Labute approximate surface area is 105 Å². The smallest absolute Gasteiger partial charge is 0.0416 e. The van der Waals surface area contributed by atoms with Crippen LogP contribution in [0.5, 0.6) is 0 Å². The number of aromatic nitrogens is 1. The highest BCUT2D eigenvalue weighted by Gasteiger charge is 2.13. The Balaban J connectivity index is 2.32. The molecule has 0 saturated heterocycles. The van der Waals surface area contributed by atoms with Gasteiger partial charge in [-0.1, -0.05) is 19.9 Å². The molecular formula is C14H25N3. The molecule has 3 nitrogen and oxygen atoms in total. The van der Waals surface area contributed by atoms with Crippen LogP contribution in [0.1, 0.15) is 19.5 Å². The van der Waals surface area contributed by atoms with Gasteiger partial charge in [0.05, 0.1) is 0 Å². The van der Waals surface area contributed by atoms with Gasteiger partial charge in [-0.3, -0.25) is 4.98 Å². The predicted molar refractivity (Wildman–Crippen MR) is 73.1 cm³/mol.